The van der Waals surface area contributed by atoms with E-state index < -0.39 is 15.4 Å². The molecule has 8 heteroatoms. The largest absolute Gasteiger partial charge is 0.389 e. The molecule has 0 bridgehead atoms. The Morgan fingerprint density at radius 1 is 1.50 bits per heavy atom. The van der Waals surface area contributed by atoms with Gasteiger partial charge in [-0.25, -0.2) is 8.42 Å². The van der Waals surface area contributed by atoms with Gasteiger partial charge in [-0.05, 0) is 25.4 Å². The van der Waals surface area contributed by atoms with Crippen LogP contribution in [0.1, 0.15) is 20.8 Å². The highest BCUT2D eigenvalue weighted by Crippen LogP contribution is 2.35. The second-order valence-corrected chi connectivity index (χ2v) is 7.74. The molecular weight excluding hydrogens is 274 g/mol. The van der Waals surface area contributed by atoms with Crippen LogP contribution in [0.2, 0.25) is 0 Å². The molecule has 0 saturated heterocycles. The molecule has 0 unspecified atom stereocenters. The number of aromatic nitrogens is 1. The smallest absolute Gasteiger partial charge is 0.184 e. The Kier molecular flexibility index (Phi) is 4.24. The lowest BCUT2D eigenvalue weighted by Gasteiger charge is -2.26. The van der Waals surface area contributed by atoms with Gasteiger partial charge < -0.3 is 15.7 Å². The van der Waals surface area contributed by atoms with Crippen molar-refractivity contribution in [2.45, 2.75) is 31.3 Å². The van der Waals surface area contributed by atoms with Gasteiger partial charge >= 0.3 is 0 Å². The normalized spacial score (nSPS) is 12.7. The van der Waals surface area contributed by atoms with E-state index in [1.54, 1.807) is 32.7 Å². The number of nitrogens with two attached hydrogens (primary N) is 1. The molecule has 0 atom stereocenters. The summed E-state index contributed by atoms with van der Waals surface area (Å²) < 4.78 is 27.8. The molecule has 0 fully saturated rings. The van der Waals surface area contributed by atoms with Crippen LogP contribution >= 0.6 is 11.5 Å². The van der Waals surface area contributed by atoms with E-state index in [0.717, 1.165) is 11.5 Å². The van der Waals surface area contributed by atoms with E-state index in [-0.39, 0.29) is 16.5 Å². The van der Waals surface area contributed by atoms with Gasteiger partial charge in [0.25, 0.3) is 0 Å². The molecule has 0 saturated carbocycles. The average molecular weight is 293 g/mol. The highest BCUT2D eigenvalue weighted by atomic mass is 32.2. The molecule has 0 spiro atoms. The molecule has 3 N–H and O–H groups in total. The maximum absolute atomic E-state index is 12.0. The van der Waals surface area contributed by atoms with Crippen molar-refractivity contribution in [2.75, 3.05) is 30.0 Å². The summed E-state index contributed by atoms with van der Waals surface area (Å²) in [7, 11) is -1.71. The van der Waals surface area contributed by atoms with Crippen LogP contribution in [0.15, 0.2) is 4.90 Å². The molecule has 6 nitrogen and oxygen atoms in total. The van der Waals surface area contributed by atoms with Gasteiger partial charge in [0, 0.05) is 13.6 Å². The highest BCUT2D eigenvalue weighted by Gasteiger charge is 2.27. The molecule has 1 aromatic heterocycles. The molecule has 0 aliphatic heterocycles. The van der Waals surface area contributed by atoms with E-state index in [9.17, 15) is 13.5 Å². The van der Waals surface area contributed by atoms with Crippen LogP contribution in [-0.2, 0) is 9.84 Å². The zero-order valence-electron chi connectivity index (χ0n) is 11.0. The van der Waals surface area contributed by atoms with E-state index in [1.165, 1.54) is 0 Å². The topological polar surface area (TPSA) is 96.5 Å². The third kappa shape index (κ3) is 3.33. The fraction of sp³-hybridized carbons (Fsp3) is 0.700. The van der Waals surface area contributed by atoms with E-state index in [1.807, 2.05) is 0 Å². The third-order valence-corrected chi connectivity index (χ3v) is 5.21. The van der Waals surface area contributed by atoms with Gasteiger partial charge in [-0.3, -0.25) is 0 Å². The Morgan fingerprint density at radius 2 is 2.06 bits per heavy atom. The number of likely N-dealkylation sites (N-methyl/N-ethyl adjacent to an activating group) is 1. The zero-order valence-corrected chi connectivity index (χ0v) is 12.6. The molecule has 1 heterocycles. The minimum atomic E-state index is -3.42. The van der Waals surface area contributed by atoms with Gasteiger partial charge in [0.2, 0.25) is 0 Å². The molecule has 0 radical (unpaired) electrons. The molecule has 1 aromatic rings. The fourth-order valence-electron chi connectivity index (χ4n) is 1.62. The Labute approximate surface area is 112 Å². The van der Waals surface area contributed by atoms with Crippen LogP contribution in [0.3, 0.4) is 0 Å². The molecule has 0 aromatic carbocycles. The highest BCUT2D eigenvalue weighted by molar-refractivity contribution is 7.91. The molecule has 18 heavy (non-hydrogen) atoms. The number of hydrogen-bond acceptors (Lipinski definition) is 7. The maximum Gasteiger partial charge on any atom is 0.184 e. The molecular formula is C10H19N3O3S2. The first kappa shape index (κ1) is 15.2. The second-order valence-electron chi connectivity index (χ2n) is 4.77. The van der Waals surface area contributed by atoms with Crippen LogP contribution in [0.5, 0.6) is 0 Å². The lowest BCUT2D eigenvalue weighted by Crippen LogP contribution is -2.36. The summed E-state index contributed by atoms with van der Waals surface area (Å²) in [5, 5.41) is 10.2. The maximum atomic E-state index is 12.0. The fourth-order valence-corrected chi connectivity index (χ4v) is 3.91. The number of anilines is 2. The van der Waals surface area contributed by atoms with Crippen LogP contribution in [0.25, 0.3) is 0 Å². The van der Waals surface area contributed by atoms with Crippen molar-refractivity contribution in [3.8, 4) is 0 Å². The number of sulfone groups is 1. The molecule has 0 amide bonds. The number of nitrogens with zero attached hydrogens (tertiary/aromatic N) is 2. The van der Waals surface area contributed by atoms with Crippen molar-refractivity contribution in [2.24, 2.45) is 0 Å². The molecule has 0 aliphatic carbocycles. The summed E-state index contributed by atoms with van der Waals surface area (Å²) in [6.07, 6.45) is 0. The molecule has 104 valence electrons. The first-order valence-corrected chi connectivity index (χ1v) is 7.92. The van der Waals surface area contributed by atoms with E-state index in [4.69, 9.17) is 5.73 Å². The van der Waals surface area contributed by atoms with E-state index in [2.05, 4.69) is 4.37 Å². The first-order chi connectivity index (χ1) is 8.08. The number of hydrogen-bond donors (Lipinski definition) is 2. The van der Waals surface area contributed by atoms with Gasteiger partial charge in [0.05, 0.1) is 11.4 Å². The number of nitrogen functional groups attached to an aromatic ring is 1. The SMILES string of the molecule is CCS(=O)(=O)c1c(N)nsc1N(C)CC(C)(C)O. The zero-order chi connectivity index (χ0) is 14.1. The van der Waals surface area contributed by atoms with Crippen molar-refractivity contribution in [3.05, 3.63) is 0 Å². The summed E-state index contributed by atoms with van der Waals surface area (Å²) in [6.45, 7) is 5.16. The predicted octanol–water partition coefficient (Wildman–Crippen LogP) is 0.726. The first-order valence-electron chi connectivity index (χ1n) is 5.50. The van der Waals surface area contributed by atoms with Crippen LogP contribution in [-0.4, -0.2) is 42.8 Å². The summed E-state index contributed by atoms with van der Waals surface area (Å²) in [5.74, 6) is -0.00153. The second kappa shape index (κ2) is 5.02. The minimum Gasteiger partial charge on any atom is -0.389 e. The Balaban J connectivity index is 3.20. The predicted molar refractivity (Wildman–Crippen MR) is 73.8 cm³/mol. The minimum absolute atomic E-state index is 0.0273. The molecule has 1 rings (SSSR count). The summed E-state index contributed by atoms with van der Waals surface area (Å²) in [6, 6.07) is 0. The van der Waals surface area contributed by atoms with Crippen molar-refractivity contribution < 1.29 is 13.5 Å². The van der Waals surface area contributed by atoms with Gasteiger partial charge in [-0.15, -0.1) is 0 Å². The standard InChI is InChI=1S/C10H19N3O3S2/c1-5-18(15,16)7-8(11)12-17-9(7)13(4)6-10(2,3)14/h14H,5-6H2,1-4H3,(H2,11,12). The van der Waals surface area contributed by atoms with Crippen LogP contribution in [0.4, 0.5) is 10.8 Å². The van der Waals surface area contributed by atoms with Crippen LogP contribution in [0, 0.1) is 0 Å². The Bertz CT molecular complexity index is 517. The average Bonchev–Trinajstić information content (AvgIpc) is 2.58. The van der Waals surface area contributed by atoms with Crippen LogP contribution < -0.4 is 10.6 Å². The van der Waals surface area contributed by atoms with Gasteiger partial charge in [0.1, 0.15) is 9.90 Å². The van der Waals surface area contributed by atoms with Gasteiger partial charge in [0.15, 0.2) is 15.7 Å². The lowest BCUT2D eigenvalue weighted by atomic mass is 10.1. The van der Waals surface area contributed by atoms with Crippen molar-refractivity contribution >= 4 is 32.2 Å². The van der Waals surface area contributed by atoms with Crippen molar-refractivity contribution in [1.29, 1.82) is 0 Å². The van der Waals surface area contributed by atoms with Gasteiger partial charge in [-0.1, -0.05) is 6.92 Å². The van der Waals surface area contributed by atoms with Gasteiger partial charge in [-0.2, -0.15) is 4.37 Å². The summed E-state index contributed by atoms with van der Waals surface area (Å²) in [5.41, 5.74) is 4.71. The Hall–Kier alpha value is -0.860. The van der Waals surface area contributed by atoms with Crippen molar-refractivity contribution in [1.82, 2.24) is 4.37 Å². The number of aliphatic hydroxyl groups is 1. The van der Waals surface area contributed by atoms with E-state index >= 15 is 0 Å². The molecule has 0 aliphatic rings. The summed E-state index contributed by atoms with van der Waals surface area (Å²) >= 11 is 1.03. The Morgan fingerprint density at radius 3 is 2.50 bits per heavy atom. The van der Waals surface area contributed by atoms with Crippen molar-refractivity contribution in [3.63, 3.8) is 0 Å². The lowest BCUT2D eigenvalue weighted by molar-refractivity contribution is 0.0886. The summed E-state index contributed by atoms with van der Waals surface area (Å²) in [4.78, 5) is 1.73. The van der Waals surface area contributed by atoms with E-state index in [0.29, 0.717) is 11.5 Å². The number of rotatable bonds is 5. The monoisotopic (exact) mass is 293 g/mol. The third-order valence-electron chi connectivity index (χ3n) is 2.32. The quantitative estimate of drug-likeness (QED) is 0.830.